The molecule has 2 aromatic heterocycles. The van der Waals surface area contributed by atoms with Gasteiger partial charge in [-0.05, 0) is 42.0 Å². The first-order chi connectivity index (χ1) is 11.2. The van der Waals surface area contributed by atoms with E-state index in [4.69, 9.17) is 4.42 Å². The van der Waals surface area contributed by atoms with E-state index >= 15 is 0 Å². The molecule has 0 unspecified atom stereocenters. The van der Waals surface area contributed by atoms with Crippen LogP contribution in [0.2, 0.25) is 0 Å². The van der Waals surface area contributed by atoms with Gasteiger partial charge in [0.05, 0.1) is 6.26 Å². The smallest absolute Gasteiger partial charge is 0.221 e. The molecule has 0 saturated carbocycles. The van der Waals surface area contributed by atoms with Gasteiger partial charge in [0, 0.05) is 28.9 Å². The lowest BCUT2D eigenvalue weighted by atomic mass is 10.1. The first-order valence-corrected chi connectivity index (χ1v) is 7.47. The van der Waals surface area contributed by atoms with Crippen LogP contribution in [0.25, 0.3) is 27.9 Å². The fourth-order valence-corrected chi connectivity index (χ4v) is 2.96. The third kappa shape index (κ3) is 2.27. The second kappa shape index (κ2) is 5.29. The fourth-order valence-electron chi connectivity index (χ4n) is 2.96. The number of aromatic nitrogens is 1. The molecule has 4 aromatic rings. The SMILES string of the molecule is Cn1c2ccccc2c2cc(C=CC(=O)c3ccco3)ccc21. The number of aryl methyl sites for hydroxylation is 1. The van der Waals surface area contributed by atoms with Gasteiger partial charge in [-0.1, -0.05) is 30.3 Å². The largest absolute Gasteiger partial charge is 0.461 e. The third-order valence-electron chi connectivity index (χ3n) is 4.13. The monoisotopic (exact) mass is 301 g/mol. The quantitative estimate of drug-likeness (QED) is 0.401. The predicted molar refractivity (Wildman–Crippen MR) is 92.5 cm³/mol. The molecule has 3 nitrogen and oxygen atoms in total. The van der Waals surface area contributed by atoms with E-state index in [0.717, 1.165) is 5.56 Å². The Hall–Kier alpha value is -3.07. The summed E-state index contributed by atoms with van der Waals surface area (Å²) >= 11 is 0. The maximum Gasteiger partial charge on any atom is 0.221 e. The van der Waals surface area contributed by atoms with Gasteiger partial charge >= 0.3 is 0 Å². The van der Waals surface area contributed by atoms with Crippen molar-refractivity contribution in [3.63, 3.8) is 0 Å². The van der Waals surface area contributed by atoms with Crippen LogP contribution in [0.15, 0.2) is 71.4 Å². The molecule has 4 rings (SSSR count). The molecule has 0 aliphatic rings. The van der Waals surface area contributed by atoms with Crippen LogP contribution >= 0.6 is 0 Å². The molecule has 0 fully saturated rings. The topological polar surface area (TPSA) is 35.1 Å². The highest BCUT2D eigenvalue weighted by Crippen LogP contribution is 2.28. The van der Waals surface area contributed by atoms with E-state index < -0.39 is 0 Å². The van der Waals surface area contributed by atoms with Gasteiger partial charge in [-0.25, -0.2) is 0 Å². The lowest BCUT2D eigenvalue weighted by Gasteiger charge is -1.98. The molecule has 0 N–H and O–H groups in total. The van der Waals surface area contributed by atoms with Crippen LogP contribution < -0.4 is 0 Å². The average Bonchev–Trinajstić information content (AvgIpc) is 3.21. The number of rotatable bonds is 3. The summed E-state index contributed by atoms with van der Waals surface area (Å²) in [6, 6.07) is 17.9. The van der Waals surface area contributed by atoms with Crippen LogP contribution in [0.3, 0.4) is 0 Å². The molecular weight excluding hydrogens is 286 g/mol. The van der Waals surface area contributed by atoms with E-state index in [0.29, 0.717) is 5.76 Å². The second-order valence-corrected chi connectivity index (χ2v) is 5.53. The molecule has 23 heavy (non-hydrogen) atoms. The number of hydrogen-bond donors (Lipinski definition) is 0. The Morgan fingerprint density at radius 3 is 2.65 bits per heavy atom. The highest BCUT2D eigenvalue weighted by atomic mass is 16.3. The molecule has 0 bridgehead atoms. The molecule has 0 saturated heterocycles. The van der Waals surface area contributed by atoms with Gasteiger partial charge < -0.3 is 8.98 Å². The number of hydrogen-bond acceptors (Lipinski definition) is 2. The van der Waals surface area contributed by atoms with Crippen molar-refractivity contribution in [3.8, 4) is 0 Å². The number of benzene rings is 2. The van der Waals surface area contributed by atoms with Crippen molar-refractivity contribution in [1.29, 1.82) is 0 Å². The molecule has 3 heteroatoms. The van der Waals surface area contributed by atoms with Crippen LogP contribution in [0.5, 0.6) is 0 Å². The summed E-state index contributed by atoms with van der Waals surface area (Å²) in [6.45, 7) is 0. The summed E-state index contributed by atoms with van der Waals surface area (Å²) in [5, 5.41) is 2.41. The predicted octanol–water partition coefficient (Wildman–Crippen LogP) is 4.82. The van der Waals surface area contributed by atoms with Gasteiger partial charge in [-0.15, -0.1) is 0 Å². The Morgan fingerprint density at radius 2 is 1.83 bits per heavy atom. The maximum absolute atomic E-state index is 12.0. The number of furan rings is 1. The Bertz CT molecular complexity index is 1040. The summed E-state index contributed by atoms with van der Waals surface area (Å²) in [5.41, 5.74) is 3.38. The normalized spacial score (nSPS) is 11.7. The van der Waals surface area contributed by atoms with Crippen molar-refractivity contribution in [3.05, 3.63) is 78.3 Å². The maximum atomic E-state index is 12.0. The van der Waals surface area contributed by atoms with Gasteiger partial charge in [-0.2, -0.15) is 0 Å². The van der Waals surface area contributed by atoms with Crippen molar-refractivity contribution in [1.82, 2.24) is 4.57 Å². The van der Waals surface area contributed by atoms with E-state index in [1.54, 1.807) is 18.2 Å². The van der Waals surface area contributed by atoms with Crippen LogP contribution in [-0.4, -0.2) is 10.4 Å². The number of fused-ring (bicyclic) bond motifs is 3. The number of nitrogens with zero attached hydrogens (tertiary/aromatic N) is 1. The van der Waals surface area contributed by atoms with E-state index in [2.05, 4.69) is 35.9 Å². The van der Waals surface area contributed by atoms with E-state index in [1.165, 1.54) is 28.1 Å². The van der Waals surface area contributed by atoms with Crippen molar-refractivity contribution in [2.45, 2.75) is 0 Å². The minimum absolute atomic E-state index is 0.131. The molecule has 0 atom stereocenters. The Labute approximate surface area is 133 Å². The summed E-state index contributed by atoms with van der Waals surface area (Å²) in [6.07, 6.45) is 4.88. The first kappa shape index (κ1) is 13.6. The Balaban J connectivity index is 1.77. The van der Waals surface area contributed by atoms with Gasteiger partial charge in [0.2, 0.25) is 5.78 Å². The van der Waals surface area contributed by atoms with Crippen LogP contribution in [0.1, 0.15) is 16.1 Å². The molecular formula is C20H15NO2. The molecule has 0 amide bonds. The summed E-state index contributed by atoms with van der Waals surface area (Å²) in [7, 11) is 2.07. The van der Waals surface area contributed by atoms with Gasteiger partial charge in [-0.3, -0.25) is 4.79 Å². The zero-order valence-corrected chi connectivity index (χ0v) is 12.7. The molecule has 0 aliphatic heterocycles. The zero-order chi connectivity index (χ0) is 15.8. The lowest BCUT2D eigenvalue weighted by Crippen LogP contribution is -1.90. The minimum Gasteiger partial charge on any atom is -0.461 e. The standard InChI is InChI=1S/C20H15NO2/c1-21-17-6-3-2-5-15(17)16-13-14(8-10-18(16)21)9-11-19(22)20-7-4-12-23-20/h2-13H,1H3. The van der Waals surface area contributed by atoms with Crippen molar-refractivity contribution < 1.29 is 9.21 Å². The van der Waals surface area contributed by atoms with Crippen molar-refractivity contribution in [2.75, 3.05) is 0 Å². The van der Waals surface area contributed by atoms with E-state index in [9.17, 15) is 4.79 Å². The van der Waals surface area contributed by atoms with Crippen molar-refractivity contribution >= 4 is 33.7 Å². The van der Waals surface area contributed by atoms with Gasteiger partial charge in [0.1, 0.15) is 0 Å². The number of ketones is 1. The van der Waals surface area contributed by atoms with Gasteiger partial charge in [0.25, 0.3) is 0 Å². The number of carbonyl (C=O) groups is 1. The highest BCUT2D eigenvalue weighted by molar-refractivity contribution is 6.09. The summed E-state index contributed by atoms with van der Waals surface area (Å²) in [4.78, 5) is 12.0. The molecule has 0 spiro atoms. The Morgan fingerprint density at radius 1 is 1.00 bits per heavy atom. The molecule has 0 radical (unpaired) electrons. The highest BCUT2D eigenvalue weighted by Gasteiger charge is 2.08. The van der Waals surface area contributed by atoms with Gasteiger partial charge in [0.15, 0.2) is 5.76 Å². The lowest BCUT2D eigenvalue weighted by molar-refractivity contribution is 0.102. The van der Waals surface area contributed by atoms with E-state index in [-0.39, 0.29) is 5.78 Å². The minimum atomic E-state index is -0.131. The molecule has 112 valence electrons. The second-order valence-electron chi connectivity index (χ2n) is 5.53. The number of allylic oxidation sites excluding steroid dienone is 1. The van der Waals surface area contributed by atoms with Crippen molar-refractivity contribution in [2.24, 2.45) is 7.05 Å². The van der Waals surface area contributed by atoms with Crippen LogP contribution in [-0.2, 0) is 7.05 Å². The number of carbonyl (C=O) groups excluding carboxylic acids is 1. The van der Waals surface area contributed by atoms with E-state index in [1.807, 2.05) is 24.3 Å². The third-order valence-corrected chi connectivity index (χ3v) is 4.13. The fraction of sp³-hybridized carbons (Fsp3) is 0.0500. The molecule has 2 aromatic carbocycles. The first-order valence-electron chi connectivity index (χ1n) is 7.47. The summed E-state index contributed by atoms with van der Waals surface area (Å²) < 4.78 is 7.30. The Kier molecular flexibility index (Phi) is 3.12. The number of para-hydroxylation sites is 1. The summed E-state index contributed by atoms with van der Waals surface area (Å²) in [5.74, 6) is 0.223. The average molecular weight is 301 g/mol. The molecule has 2 heterocycles. The van der Waals surface area contributed by atoms with Crippen LogP contribution in [0.4, 0.5) is 0 Å². The van der Waals surface area contributed by atoms with Crippen LogP contribution in [0, 0.1) is 0 Å². The zero-order valence-electron chi connectivity index (χ0n) is 12.7. The molecule has 0 aliphatic carbocycles.